The van der Waals surface area contributed by atoms with Gasteiger partial charge >= 0.3 is 5.97 Å². The van der Waals surface area contributed by atoms with Crippen LogP contribution >= 0.6 is 0 Å². The van der Waals surface area contributed by atoms with E-state index in [1.165, 1.54) is 25.7 Å². The van der Waals surface area contributed by atoms with Gasteiger partial charge < -0.3 is 10.2 Å². The van der Waals surface area contributed by atoms with E-state index in [0.717, 1.165) is 19.3 Å². The summed E-state index contributed by atoms with van der Waals surface area (Å²) in [5.74, 6) is 2.54. The van der Waals surface area contributed by atoms with Crippen LogP contribution in [0.25, 0.3) is 0 Å². The van der Waals surface area contributed by atoms with Crippen molar-refractivity contribution < 1.29 is 19.8 Å². The summed E-state index contributed by atoms with van der Waals surface area (Å²) in [6, 6.07) is 0. The molecule has 0 spiro atoms. The Hall–Kier alpha value is -0.900. The van der Waals surface area contributed by atoms with Gasteiger partial charge in [-0.2, -0.15) is 0 Å². The maximum atomic E-state index is 13.1. The molecule has 0 heterocycles. The monoisotopic (exact) mass is 390 g/mol. The zero-order valence-corrected chi connectivity index (χ0v) is 17.8. The highest BCUT2D eigenvalue weighted by atomic mass is 16.4. The van der Waals surface area contributed by atoms with Crippen LogP contribution in [0.2, 0.25) is 0 Å². The van der Waals surface area contributed by atoms with Gasteiger partial charge in [0.05, 0.1) is 6.10 Å². The number of carbonyl (C=O) groups excluding carboxylic acids is 1. The highest BCUT2D eigenvalue weighted by Crippen LogP contribution is 2.67. The summed E-state index contributed by atoms with van der Waals surface area (Å²) >= 11 is 0. The molecule has 2 N–H and O–H groups in total. The Morgan fingerprint density at radius 3 is 2.50 bits per heavy atom. The van der Waals surface area contributed by atoms with E-state index in [1.807, 2.05) is 0 Å². The highest BCUT2D eigenvalue weighted by Gasteiger charge is 2.62. The van der Waals surface area contributed by atoms with Crippen molar-refractivity contribution in [1.29, 1.82) is 0 Å². The molecule has 4 heteroatoms. The van der Waals surface area contributed by atoms with Crippen LogP contribution in [0.1, 0.15) is 85.0 Å². The maximum absolute atomic E-state index is 13.1. The standard InChI is InChI=1S/C24H38O4/c1-14(4-7-22(27)28)17-5-6-18-16-13-21(26)20-12-15(25)8-10-24(20,3)19(16)9-11-23(17,18)2/h14-20,25H,4-13H2,1-3H3,(H,27,28)/t14?,15-,16+,17-,18+,19+,20+,23-,24-/m1/s1. The molecule has 1 unspecified atom stereocenters. The van der Waals surface area contributed by atoms with Crippen molar-refractivity contribution in [3.05, 3.63) is 0 Å². The average molecular weight is 391 g/mol. The predicted octanol–water partition coefficient (Wildman–Crippen LogP) is 4.69. The minimum absolute atomic E-state index is 0.0635. The van der Waals surface area contributed by atoms with E-state index in [2.05, 4.69) is 20.8 Å². The van der Waals surface area contributed by atoms with Crippen molar-refractivity contribution >= 4 is 11.8 Å². The number of hydrogen-bond donors (Lipinski definition) is 2. The fourth-order valence-electron chi connectivity index (χ4n) is 8.55. The minimum Gasteiger partial charge on any atom is -0.481 e. The number of carboxylic acid groups (broad SMARTS) is 1. The number of aliphatic hydroxyl groups excluding tert-OH is 1. The number of ketones is 1. The van der Waals surface area contributed by atoms with Gasteiger partial charge in [0.25, 0.3) is 0 Å². The lowest BCUT2D eigenvalue weighted by Gasteiger charge is -2.60. The summed E-state index contributed by atoms with van der Waals surface area (Å²) in [5.41, 5.74) is 0.338. The SMILES string of the molecule is CC(CCC(=O)O)[C@H]1CC[C@H]2[C@@H]3CC(=O)[C@@H]4C[C@H](O)CC[C@]4(C)[C@H]3CC[C@]12C. The van der Waals surface area contributed by atoms with Crippen LogP contribution in [0.3, 0.4) is 0 Å². The lowest BCUT2D eigenvalue weighted by Crippen LogP contribution is -2.57. The zero-order chi connectivity index (χ0) is 20.3. The van der Waals surface area contributed by atoms with Crippen LogP contribution in [0, 0.1) is 46.3 Å². The smallest absolute Gasteiger partial charge is 0.303 e. The number of aliphatic hydroxyl groups is 1. The molecule has 4 nitrogen and oxygen atoms in total. The normalized spacial score (nSPS) is 49.1. The van der Waals surface area contributed by atoms with Gasteiger partial charge in [-0.15, -0.1) is 0 Å². The number of carboxylic acids is 1. The first kappa shape index (κ1) is 20.4. The number of Topliss-reactive ketones (excluding diaryl/α,β-unsaturated/α-hetero) is 1. The van der Waals surface area contributed by atoms with Crippen LogP contribution < -0.4 is 0 Å². The van der Waals surface area contributed by atoms with Gasteiger partial charge in [-0.1, -0.05) is 20.8 Å². The summed E-state index contributed by atoms with van der Waals surface area (Å²) in [4.78, 5) is 24.2. The second-order valence-corrected chi connectivity index (χ2v) is 11.2. The summed E-state index contributed by atoms with van der Waals surface area (Å²) < 4.78 is 0. The quantitative estimate of drug-likeness (QED) is 0.730. The van der Waals surface area contributed by atoms with E-state index >= 15 is 0 Å². The van der Waals surface area contributed by atoms with Gasteiger partial charge in [-0.3, -0.25) is 9.59 Å². The molecule has 0 saturated heterocycles. The number of aliphatic carboxylic acids is 1. The molecule has 4 aliphatic rings. The third-order valence-electron chi connectivity index (χ3n) is 10.0. The van der Waals surface area contributed by atoms with Crippen LogP contribution in [0.4, 0.5) is 0 Å². The molecule has 28 heavy (non-hydrogen) atoms. The largest absolute Gasteiger partial charge is 0.481 e. The lowest BCUT2D eigenvalue weighted by atomic mass is 9.44. The molecule has 158 valence electrons. The molecule has 0 aromatic rings. The fraction of sp³-hybridized carbons (Fsp3) is 0.917. The summed E-state index contributed by atoms with van der Waals surface area (Å²) in [7, 11) is 0. The predicted molar refractivity (Wildman–Crippen MR) is 108 cm³/mol. The van der Waals surface area contributed by atoms with Crippen molar-refractivity contribution in [2.75, 3.05) is 0 Å². The van der Waals surface area contributed by atoms with Gasteiger partial charge in [0.2, 0.25) is 0 Å². The fourth-order valence-corrected chi connectivity index (χ4v) is 8.55. The molecule has 0 radical (unpaired) electrons. The van der Waals surface area contributed by atoms with E-state index in [0.29, 0.717) is 48.2 Å². The summed E-state index contributed by atoms with van der Waals surface area (Å²) in [6.07, 6.45) is 8.80. The maximum Gasteiger partial charge on any atom is 0.303 e. The first-order chi connectivity index (χ1) is 13.2. The average Bonchev–Trinajstić information content (AvgIpc) is 2.99. The van der Waals surface area contributed by atoms with Crippen molar-refractivity contribution in [3.8, 4) is 0 Å². The molecule has 0 aliphatic heterocycles. The molecule has 0 aromatic carbocycles. The molecule has 0 aromatic heterocycles. The van der Waals surface area contributed by atoms with Gasteiger partial charge in [0.15, 0.2) is 0 Å². The molecular weight excluding hydrogens is 352 g/mol. The molecule has 4 rings (SSSR count). The number of rotatable bonds is 4. The second-order valence-electron chi connectivity index (χ2n) is 11.2. The van der Waals surface area contributed by atoms with E-state index < -0.39 is 5.97 Å². The Bertz CT molecular complexity index is 645. The van der Waals surface area contributed by atoms with Crippen molar-refractivity contribution in [2.24, 2.45) is 46.3 Å². The molecule has 9 atom stereocenters. The van der Waals surface area contributed by atoms with Crippen molar-refractivity contribution in [2.45, 2.75) is 91.1 Å². The number of hydrogen-bond acceptors (Lipinski definition) is 3. The molecule has 4 saturated carbocycles. The zero-order valence-electron chi connectivity index (χ0n) is 17.8. The Balaban J connectivity index is 1.55. The van der Waals surface area contributed by atoms with Gasteiger partial charge in [0, 0.05) is 18.8 Å². The van der Waals surface area contributed by atoms with E-state index in [4.69, 9.17) is 5.11 Å². The highest BCUT2D eigenvalue weighted by molar-refractivity contribution is 5.83. The van der Waals surface area contributed by atoms with E-state index in [-0.39, 0.29) is 29.3 Å². The summed E-state index contributed by atoms with van der Waals surface area (Å²) in [6.45, 7) is 7.05. The molecular formula is C24H38O4. The molecule has 0 amide bonds. The van der Waals surface area contributed by atoms with Crippen molar-refractivity contribution in [3.63, 3.8) is 0 Å². The van der Waals surface area contributed by atoms with Gasteiger partial charge in [-0.25, -0.2) is 0 Å². The van der Waals surface area contributed by atoms with Crippen LogP contribution in [0.5, 0.6) is 0 Å². The Morgan fingerprint density at radius 2 is 1.79 bits per heavy atom. The minimum atomic E-state index is -0.688. The number of carbonyl (C=O) groups is 2. The topological polar surface area (TPSA) is 74.6 Å². The molecule has 0 bridgehead atoms. The Kier molecular flexibility index (Phi) is 5.17. The van der Waals surface area contributed by atoms with Crippen LogP contribution in [-0.4, -0.2) is 28.1 Å². The van der Waals surface area contributed by atoms with Gasteiger partial charge in [0.1, 0.15) is 5.78 Å². The van der Waals surface area contributed by atoms with Crippen molar-refractivity contribution in [1.82, 2.24) is 0 Å². The first-order valence-corrected chi connectivity index (χ1v) is 11.6. The van der Waals surface area contributed by atoms with E-state index in [9.17, 15) is 14.7 Å². The Morgan fingerprint density at radius 1 is 1.11 bits per heavy atom. The first-order valence-electron chi connectivity index (χ1n) is 11.6. The van der Waals surface area contributed by atoms with Crippen LogP contribution in [-0.2, 0) is 9.59 Å². The number of fused-ring (bicyclic) bond motifs is 5. The molecule has 4 aliphatic carbocycles. The van der Waals surface area contributed by atoms with Crippen LogP contribution in [0.15, 0.2) is 0 Å². The molecule has 4 fully saturated rings. The third-order valence-corrected chi connectivity index (χ3v) is 10.0. The second kappa shape index (κ2) is 7.11. The Labute approximate surface area is 169 Å². The van der Waals surface area contributed by atoms with E-state index in [1.54, 1.807) is 0 Å². The third kappa shape index (κ3) is 3.05. The summed E-state index contributed by atoms with van der Waals surface area (Å²) in [5, 5.41) is 19.2. The lowest BCUT2D eigenvalue weighted by molar-refractivity contribution is -0.160. The van der Waals surface area contributed by atoms with Gasteiger partial charge in [-0.05, 0) is 91.8 Å².